The molecule has 2 aromatic rings. The quantitative estimate of drug-likeness (QED) is 0.542. The predicted octanol–water partition coefficient (Wildman–Crippen LogP) is 4.17. The number of carbonyl (C=O) groups excluding carboxylic acids is 1. The minimum atomic E-state index is -0.162. The second-order valence-electron chi connectivity index (χ2n) is 5.87. The van der Waals surface area contributed by atoms with Gasteiger partial charge in [-0.05, 0) is 65.5 Å². The van der Waals surface area contributed by atoms with Crippen LogP contribution in [-0.2, 0) is 11.2 Å². The first-order chi connectivity index (χ1) is 12.4. The number of benzene rings is 2. The summed E-state index contributed by atoms with van der Waals surface area (Å²) in [6.07, 6.45) is 1.86. The standard InChI is InChI=1S/C20H23BrN2O3/c1-5-26-20-17(21)9-15(10-18(20)25-4)12-22-23-19(24)11-16-7-6-13(2)8-14(16)3/h6-10,12H,5,11H2,1-4H3,(H,23,24)/b22-12+. The van der Waals surface area contributed by atoms with Crippen LogP contribution in [0, 0.1) is 13.8 Å². The van der Waals surface area contributed by atoms with Crippen molar-refractivity contribution in [1.82, 2.24) is 5.43 Å². The Hall–Kier alpha value is -2.34. The summed E-state index contributed by atoms with van der Waals surface area (Å²) in [5.41, 5.74) is 6.62. The highest BCUT2D eigenvalue weighted by Crippen LogP contribution is 2.36. The molecule has 26 heavy (non-hydrogen) atoms. The Morgan fingerprint density at radius 2 is 2.04 bits per heavy atom. The van der Waals surface area contributed by atoms with Crippen LogP contribution in [0.2, 0.25) is 0 Å². The Balaban J connectivity index is 2.03. The van der Waals surface area contributed by atoms with Gasteiger partial charge in [-0.3, -0.25) is 4.79 Å². The van der Waals surface area contributed by atoms with Crippen molar-refractivity contribution in [2.75, 3.05) is 13.7 Å². The molecule has 0 aliphatic rings. The van der Waals surface area contributed by atoms with Crippen molar-refractivity contribution in [3.63, 3.8) is 0 Å². The van der Waals surface area contributed by atoms with E-state index in [1.807, 2.05) is 39.0 Å². The van der Waals surface area contributed by atoms with Crippen LogP contribution < -0.4 is 14.9 Å². The highest BCUT2D eigenvalue weighted by atomic mass is 79.9. The maximum atomic E-state index is 12.1. The average molecular weight is 419 g/mol. The lowest BCUT2D eigenvalue weighted by Crippen LogP contribution is -2.20. The highest BCUT2D eigenvalue weighted by Gasteiger charge is 2.10. The number of methoxy groups -OCH3 is 1. The minimum Gasteiger partial charge on any atom is -0.493 e. The molecular formula is C20H23BrN2O3. The van der Waals surface area contributed by atoms with Gasteiger partial charge in [0.05, 0.1) is 30.8 Å². The number of nitrogens with zero attached hydrogens (tertiary/aromatic N) is 1. The normalized spacial score (nSPS) is 10.8. The molecule has 0 aromatic heterocycles. The fourth-order valence-electron chi connectivity index (χ4n) is 2.53. The lowest BCUT2D eigenvalue weighted by atomic mass is 10.0. The van der Waals surface area contributed by atoms with Crippen LogP contribution in [0.5, 0.6) is 11.5 Å². The third-order valence-electron chi connectivity index (χ3n) is 3.79. The van der Waals surface area contributed by atoms with Crippen LogP contribution in [0.4, 0.5) is 0 Å². The van der Waals surface area contributed by atoms with Crippen molar-refractivity contribution in [3.05, 3.63) is 57.1 Å². The molecule has 5 nitrogen and oxygen atoms in total. The third kappa shape index (κ3) is 5.33. The maximum Gasteiger partial charge on any atom is 0.244 e. The Bertz CT molecular complexity index is 819. The smallest absolute Gasteiger partial charge is 0.244 e. The van der Waals surface area contributed by atoms with Crippen LogP contribution in [-0.4, -0.2) is 25.8 Å². The van der Waals surface area contributed by atoms with Crippen LogP contribution in [0.25, 0.3) is 0 Å². The second-order valence-corrected chi connectivity index (χ2v) is 6.72. The van der Waals surface area contributed by atoms with E-state index in [1.165, 1.54) is 5.56 Å². The summed E-state index contributed by atoms with van der Waals surface area (Å²) in [5.74, 6) is 1.08. The first-order valence-corrected chi connectivity index (χ1v) is 9.12. The molecule has 138 valence electrons. The van der Waals surface area contributed by atoms with Crippen molar-refractivity contribution < 1.29 is 14.3 Å². The SMILES string of the molecule is CCOc1c(Br)cc(/C=N/NC(=O)Cc2ccc(C)cc2C)cc1OC. The van der Waals surface area contributed by atoms with E-state index in [9.17, 15) is 4.79 Å². The van der Waals surface area contributed by atoms with Crippen molar-refractivity contribution >= 4 is 28.1 Å². The fourth-order valence-corrected chi connectivity index (χ4v) is 3.11. The summed E-state index contributed by atoms with van der Waals surface area (Å²) in [5, 5.41) is 4.04. The predicted molar refractivity (Wildman–Crippen MR) is 107 cm³/mol. The van der Waals surface area contributed by atoms with E-state index < -0.39 is 0 Å². The first-order valence-electron chi connectivity index (χ1n) is 8.33. The summed E-state index contributed by atoms with van der Waals surface area (Å²) < 4.78 is 11.7. The number of ether oxygens (including phenoxy) is 2. The van der Waals surface area contributed by atoms with Gasteiger partial charge in [0.15, 0.2) is 11.5 Å². The van der Waals surface area contributed by atoms with Crippen molar-refractivity contribution in [1.29, 1.82) is 0 Å². The molecule has 1 amide bonds. The van der Waals surface area contributed by atoms with Gasteiger partial charge in [0.2, 0.25) is 5.91 Å². The zero-order valence-electron chi connectivity index (χ0n) is 15.4. The average Bonchev–Trinajstić information content (AvgIpc) is 2.59. The Labute approximate surface area is 162 Å². The molecule has 6 heteroatoms. The molecule has 0 spiro atoms. The zero-order valence-corrected chi connectivity index (χ0v) is 17.0. The summed E-state index contributed by atoms with van der Waals surface area (Å²) in [4.78, 5) is 12.1. The Kier molecular flexibility index (Phi) is 7.21. The van der Waals surface area contributed by atoms with Crippen molar-refractivity contribution in [3.8, 4) is 11.5 Å². The van der Waals surface area contributed by atoms with E-state index in [0.717, 1.165) is 21.2 Å². The van der Waals surface area contributed by atoms with Crippen molar-refractivity contribution in [2.24, 2.45) is 5.10 Å². The molecule has 0 saturated carbocycles. The van der Waals surface area contributed by atoms with Gasteiger partial charge in [0, 0.05) is 0 Å². The van der Waals surface area contributed by atoms with E-state index in [4.69, 9.17) is 9.47 Å². The monoisotopic (exact) mass is 418 g/mol. The van der Waals surface area contributed by atoms with E-state index >= 15 is 0 Å². The van der Waals surface area contributed by atoms with Gasteiger partial charge in [-0.1, -0.05) is 23.8 Å². The summed E-state index contributed by atoms with van der Waals surface area (Å²) >= 11 is 3.46. The topological polar surface area (TPSA) is 59.9 Å². The van der Waals surface area contributed by atoms with Gasteiger partial charge < -0.3 is 9.47 Å². The van der Waals surface area contributed by atoms with Gasteiger partial charge in [0.25, 0.3) is 0 Å². The second kappa shape index (κ2) is 9.38. The van der Waals surface area contributed by atoms with Crippen LogP contribution >= 0.6 is 15.9 Å². The lowest BCUT2D eigenvalue weighted by Gasteiger charge is -2.12. The van der Waals surface area contributed by atoms with Gasteiger partial charge >= 0.3 is 0 Å². The number of carbonyl (C=O) groups is 1. The minimum absolute atomic E-state index is 0.162. The number of nitrogens with one attached hydrogen (secondary N) is 1. The van der Waals surface area contributed by atoms with Crippen LogP contribution in [0.1, 0.15) is 29.2 Å². The molecule has 0 unspecified atom stereocenters. The molecule has 0 fully saturated rings. The largest absolute Gasteiger partial charge is 0.493 e. The van der Waals surface area contributed by atoms with Crippen LogP contribution in [0.3, 0.4) is 0 Å². The molecule has 2 aromatic carbocycles. The molecule has 0 aliphatic carbocycles. The van der Waals surface area contributed by atoms with Gasteiger partial charge in [0.1, 0.15) is 0 Å². The molecule has 1 N–H and O–H groups in total. The maximum absolute atomic E-state index is 12.1. The molecular weight excluding hydrogens is 396 g/mol. The molecule has 0 saturated heterocycles. The Morgan fingerprint density at radius 1 is 1.27 bits per heavy atom. The van der Waals surface area contributed by atoms with Gasteiger partial charge in [-0.15, -0.1) is 0 Å². The molecule has 0 atom stereocenters. The zero-order chi connectivity index (χ0) is 19.1. The Morgan fingerprint density at radius 3 is 2.69 bits per heavy atom. The number of aryl methyl sites for hydroxylation is 2. The first kappa shape index (κ1) is 20.0. The number of hydrogen-bond acceptors (Lipinski definition) is 4. The molecule has 0 heterocycles. The van der Waals surface area contributed by atoms with E-state index in [-0.39, 0.29) is 5.91 Å². The molecule has 0 bridgehead atoms. The molecule has 0 aliphatic heterocycles. The van der Waals surface area contributed by atoms with Crippen molar-refractivity contribution in [2.45, 2.75) is 27.2 Å². The molecule has 0 radical (unpaired) electrons. The summed E-state index contributed by atoms with van der Waals surface area (Å²) in [6.45, 7) is 6.48. The third-order valence-corrected chi connectivity index (χ3v) is 4.38. The van der Waals surface area contributed by atoms with Crippen LogP contribution in [0.15, 0.2) is 39.9 Å². The number of hydrazone groups is 1. The fraction of sp³-hybridized carbons (Fsp3) is 0.300. The lowest BCUT2D eigenvalue weighted by molar-refractivity contribution is -0.120. The number of rotatable bonds is 7. The number of amides is 1. The number of halogens is 1. The molecule has 2 rings (SSSR count). The van der Waals surface area contributed by atoms with E-state index in [1.54, 1.807) is 19.4 Å². The number of hydrogen-bond donors (Lipinski definition) is 1. The summed E-state index contributed by atoms with van der Waals surface area (Å²) in [6, 6.07) is 9.70. The highest BCUT2D eigenvalue weighted by molar-refractivity contribution is 9.10. The van der Waals surface area contributed by atoms with E-state index in [2.05, 4.69) is 32.5 Å². The van der Waals surface area contributed by atoms with E-state index in [0.29, 0.717) is 24.5 Å². The van der Waals surface area contributed by atoms with Gasteiger partial charge in [-0.2, -0.15) is 5.10 Å². The summed E-state index contributed by atoms with van der Waals surface area (Å²) in [7, 11) is 1.58. The van der Waals surface area contributed by atoms with Gasteiger partial charge in [-0.25, -0.2) is 5.43 Å².